The van der Waals surface area contributed by atoms with Gasteiger partial charge in [0.05, 0.1) is 29.0 Å². The van der Waals surface area contributed by atoms with Gasteiger partial charge in [-0.3, -0.25) is 4.79 Å². The van der Waals surface area contributed by atoms with Gasteiger partial charge in [0.25, 0.3) is 5.56 Å². The van der Waals surface area contributed by atoms with Crippen LogP contribution in [0.4, 0.5) is 0 Å². The van der Waals surface area contributed by atoms with Gasteiger partial charge in [-0.15, -0.1) is 4.52 Å². The molecule has 6 rings (SSSR count). The van der Waals surface area contributed by atoms with Gasteiger partial charge >= 0.3 is 14.2 Å². The van der Waals surface area contributed by atoms with Crippen LogP contribution < -0.4 is 19.9 Å². The average Bonchev–Trinajstić information content (AvgIpc) is 3.15. The van der Waals surface area contributed by atoms with E-state index in [1.807, 2.05) is 12.1 Å². The Morgan fingerprint density at radius 3 is 2.64 bits per heavy atom. The Bertz CT molecular complexity index is 1450. The summed E-state index contributed by atoms with van der Waals surface area (Å²) in [7, 11) is -3.38. The lowest BCUT2D eigenvalue weighted by Gasteiger charge is -2.31. The van der Waals surface area contributed by atoms with E-state index >= 15 is 0 Å². The normalized spacial score (nSPS) is 20.7. The molecule has 0 bridgehead atoms. The van der Waals surface area contributed by atoms with Crippen LogP contribution in [-0.4, -0.2) is 28.7 Å². The third-order valence-electron chi connectivity index (χ3n) is 6.37. The largest absolute Gasteiger partial charge is 0.566 e. The zero-order valence-corrected chi connectivity index (χ0v) is 18.3. The molecule has 0 spiro atoms. The zero-order valence-electron chi connectivity index (χ0n) is 17.5. The predicted molar refractivity (Wildman–Crippen MR) is 112 cm³/mol. The third kappa shape index (κ3) is 2.84. The number of carbonyl (C=O) groups excluding carboxylic acids is 1. The van der Waals surface area contributed by atoms with Gasteiger partial charge in [-0.2, -0.15) is 0 Å². The van der Waals surface area contributed by atoms with Crippen LogP contribution >= 0.6 is 8.25 Å². The molecule has 0 amide bonds. The number of pyridine rings is 2. The fourth-order valence-corrected chi connectivity index (χ4v) is 5.34. The molecule has 10 nitrogen and oxygen atoms in total. The van der Waals surface area contributed by atoms with Crippen LogP contribution in [0.3, 0.4) is 0 Å². The number of cyclic esters (lactones) is 1. The highest BCUT2D eigenvalue weighted by Gasteiger charge is 2.52. The average molecular weight is 468 g/mol. The molecular formula is C22H17N2O8P. The second kappa shape index (κ2) is 7.08. The molecular weight excluding hydrogens is 451 g/mol. The van der Waals surface area contributed by atoms with Crippen molar-refractivity contribution in [3.63, 3.8) is 0 Å². The number of benzene rings is 1. The fourth-order valence-electron chi connectivity index (χ4n) is 4.79. The summed E-state index contributed by atoms with van der Waals surface area (Å²) in [4.78, 5) is 42.3. The molecule has 33 heavy (non-hydrogen) atoms. The van der Waals surface area contributed by atoms with E-state index in [2.05, 4.69) is 0 Å². The molecule has 3 aliphatic rings. The minimum atomic E-state index is -3.38. The van der Waals surface area contributed by atoms with Crippen LogP contribution in [-0.2, 0) is 37.4 Å². The Morgan fingerprint density at radius 1 is 1.15 bits per heavy atom. The molecule has 0 saturated heterocycles. The van der Waals surface area contributed by atoms with E-state index in [9.17, 15) is 19.0 Å². The summed E-state index contributed by atoms with van der Waals surface area (Å²) < 4.78 is 34.6. The topological polar surface area (TPSA) is 129 Å². The highest BCUT2D eigenvalue weighted by Crippen LogP contribution is 2.44. The van der Waals surface area contributed by atoms with E-state index in [1.54, 1.807) is 23.6 Å². The van der Waals surface area contributed by atoms with Crippen LogP contribution in [0.5, 0.6) is 11.5 Å². The number of rotatable bonds is 3. The van der Waals surface area contributed by atoms with Gasteiger partial charge in [0, 0.05) is 22.6 Å². The molecule has 11 heteroatoms. The van der Waals surface area contributed by atoms with Crippen molar-refractivity contribution in [2.75, 3.05) is 13.2 Å². The minimum Gasteiger partial charge on any atom is -0.566 e. The van der Waals surface area contributed by atoms with Crippen molar-refractivity contribution in [1.82, 2.24) is 9.55 Å². The summed E-state index contributed by atoms with van der Waals surface area (Å²) in [6.45, 7) is 2.56. The Morgan fingerprint density at radius 2 is 1.91 bits per heavy atom. The molecule has 168 valence electrons. The summed E-state index contributed by atoms with van der Waals surface area (Å²) in [5, 5.41) is 0.844. The van der Waals surface area contributed by atoms with Gasteiger partial charge in [0.15, 0.2) is 11.5 Å². The number of fused-ring (bicyclic) bond motifs is 6. The molecule has 3 aromatic rings. The summed E-state index contributed by atoms with van der Waals surface area (Å²) in [6, 6.07) is 7.23. The molecule has 0 radical (unpaired) electrons. The molecule has 1 unspecified atom stereocenters. The van der Waals surface area contributed by atoms with Crippen LogP contribution in [0.25, 0.3) is 22.3 Å². The quantitative estimate of drug-likeness (QED) is 0.327. The van der Waals surface area contributed by atoms with Crippen LogP contribution in [0.15, 0.2) is 29.1 Å². The van der Waals surface area contributed by atoms with Gasteiger partial charge < -0.3 is 23.7 Å². The monoisotopic (exact) mass is 468 g/mol. The molecule has 5 heterocycles. The van der Waals surface area contributed by atoms with Crippen molar-refractivity contribution < 1.29 is 33.0 Å². The first-order valence-electron chi connectivity index (χ1n) is 10.4. The number of esters is 1. The smallest absolute Gasteiger partial charge is 0.490 e. The molecule has 2 atom stereocenters. The van der Waals surface area contributed by atoms with E-state index < -0.39 is 19.8 Å². The van der Waals surface area contributed by atoms with Crippen molar-refractivity contribution in [1.29, 1.82) is 0 Å². The predicted octanol–water partition coefficient (Wildman–Crippen LogP) is 1.89. The highest BCUT2D eigenvalue weighted by molar-refractivity contribution is 7.30. The second-order valence-electron chi connectivity index (χ2n) is 8.07. The minimum absolute atomic E-state index is 0.0213. The first-order valence-corrected chi connectivity index (χ1v) is 11.5. The standard InChI is InChI=1S/C22H17N2O8P/c1-2-22(32-33(27)28)14-7-16-19-12(9-24(16)20(25)13(14)10-31-21(22)26)5-11-6-17-18(8-15(11)23-19)30-4-3-29-17/h5-8H,2-4,9-10H2,1H3/t22-/m0/s1. The van der Waals surface area contributed by atoms with Crippen LogP contribution in [0, 0.1) is 0 Å². The summed E-state index contributed by atoms with van der Waals surface area (Å²) in [6.07, 6.45) is -0.0213. The zero-order chi connectivity index (χ0) is 22.9. The van der Waals surface area contributed by atoms with Gasteiger partial charge in [-0.05, 0) is 29.2 Å². The van der Waals surface area contributed by atoms with Crippen molar-refractivity contribution in [3.8, 4) is 22.9 Å². The van der Waals surface area contributed by atoms with Crippen molar-refractivity contribution in [2.24, 2.45) is 0 Å². The Labute approximate surface area is 187 Å². The van der Waals surface area contributed by atoms with Gasteiger partial charge in [0.1, 0.15) is 19.8 Å². The van der Waals surface area contributed by atoms with E-state index in [0.717, 1.165) is 10.9 Å². The van der Waals surface area contributed by atoms with Gasteiger partial charge in [-0.1, -0.05) is 6.92 Å². The van der Waals surface area contributed by atoms with Crippen LogP contribution in [0.2, 0.25) is 0 Å². The molecule has 2 aromatic heterocycles. The number of carbonyl (C=O) groups is 1. The summed E-state index contributed by atoms with van der Waals surface area (Å²) in [5.41, 5.74) is 0.685. The van der Waals surface area contributed by atoms with E-state index in [1.165, 1.54) is 0 Å². The van der Waals surface area contributed by atoms with Crippen molar-refractivity contribution in [2.45, 2.75) is 32.1 Å². The number of nitrogens with zero attached hydrogens (tertiary/aromatic N) is 2. The number of hydrogen-bond donors (Lipinski definition) is 0. The fraction of sp³-hybridized carbons (Fsp3) is 0.318. The van der Waals surface area contributed by atoms with E-state index in [0.29, 0.717) is 41.6 Å². The first kappa shape index (κ1) is 20.3. The SMILES string of the molecule is CC[C@@]1(O[P+](=O)[O-])C(=O)OCc2c1cc1n(c2=O)Cc2cc3cc4c(cc3nc2-1)OCCO4. The molecule has 0 N–H and O–H groups in total. The lowest BCUT2D eigenvalue weighted by Crippen LogP contribution is -2.45. The maximum Gasteiger partial charge on any atom is 0.490 e. The lowest BCUT2D eigenvalue weighted by atomic mass is 9.86. The van der Waals surface area contributed by atoms with Crippen molar-refractivity contribution in [3.05, 3.63) is 51.3 Å². The molecule has 0 aliphatic carbocycles. The highest BCUT2D eigenvalue weighted by atomic mass is 31.1. The Balaban J connectivity index is 1.57. The molecule has 0 saturated carbocycles. The summed E-state index contributed by atoms with van der Waals surface area (Å²) >= 11 is 0. The number of ether oxygens (including phenoxy) is 3. The number of hydrogen-bond acceptors (Lipinski definition) is 9. The first-order chi connectivity index (χ1) is 15.9. The van der Waals surface area contributed by atoms with E-state index in [4.69, 9.17) is 23.7 Å². The molecule has 1 aromatic carbocycles. The Hall–Kier alpha value is -3.33. The van der Waals surface area contributed by atoms with Crippen molar-refractivity contribution >= 4 is 25.1 Å². The maximum atomic E-state index is 13.4. The van der Waals surface area contributed by atoms with Crippen LogP contribution in [0.1, 0.15) is 30.0 Å². The molecule has 3 aliphatic heterocycles. The summed E-state index contributed by atoms with van der Waals surface area (Å²) in [5.74, 6) is 0.405. The van der Waals surface area contributed by atoms with Gasteiger partial charge in [0.2, 0.25) is 5.60 Å². The molecule has 0 fully saturated rings. The third-order valence-corrected chi connectivity index (χ3v) is 6.83. The van der Waals surface area contributed by atoms with E-state index in [-0.39, 0.29) is 36.3 Å². The van der Waals surface area contributed by atoms with Gasteiger partial charge in [-0.25, -0.2) is 9.78 Å². The lowest BCUT2D eigenvalue weighted by molar-refractivity contribution is -0.207. The second-order valence-corrected chi connectivity index (χ2v) is 8.70. The number of aromatic nitrogens is 2. The maximum absolute atomic E-state index is 13.4. The Kier molecular flexibility index (Phi) is 4.35.